The van der Waals surface area contributed by atoms with Crippen molar-refractivity contribution in [3.8, 4) is 5.75 Å². The van der Waals surface area contributed by atoms with E-state index in [1.165, 1.54) is 5.56 Å². The summed E-state index contributed by atoms with van der Waals surface area (Å²) >= 11 is 0. The topological polar surface area (TPSA) is 120 Å². The molecule has 1 aliphatic rings. The third-order valence-electron chi connectivity index (χ3n) is 4.40. The van der Waals surface area contributed by atoms with Crippen LogP contribution in [0.3, 0.4) is 0 Å². The molecule has 0 spiro atoms. The first kappa shape index (κ1) is 22.8. The summed E-state index contributed by atoms with van der Waals surface area (Å²) in [6, 6.07) is 13.7. The Hall–Kier alpha value is -3.46. The van der Waals surface area contributed by atoms with Crippen LogP contribution in [-0.4, -0.2) is 75.6 Å². The van der Waals surface area contributed by atoms with E-state index < -0.39 is 11.9 Å². The fourth-order valence-corrected chi connectivity index (χ4v) is 2.75. The number of piperazine rings is 1. The van der Waals surface area contributed by atoms with Crippen molar-refractivity contribution in [2.45, 2.75) is 13.5 Å². The summed E-state index contributed by atoms with van der Waals surface area (Å²) < 4.78 is 5.58. The lowest BCUT2D eigenvalue weighted by atomic mass is 10.2. The third-order valence-corrected chi connectivity index (χ3v) is 4.40. The summed E-state index contributed by atoms with van der Waals surface area (Å²) in [6.07, 6.45) is 1.82. The summed E-state index contributed by atoms with van der Waals surface area (Å²) in [4.78, 5) is 39.0. The van der Waals surface area contributed by atoms with Gasteiger partial charge in [0.25, 0.3) is 5.91 Å². The van der Waals surface area contributed by atoms with E-state index in [4.69, 9.17) is 24.5 Å². The van der Waals surface area contributed by atoms with Crippen molar-refractivity contribution in [1.29, 1.82) is 0 Å². The maximum absolute atomic E-state index is 12.3. The number of aliphatic carboxylic acids is 2. The smallest absolute Gasteiger partial charge is 0.414 e. The maximum atomic E-state index is 12.3. The lowest BCUT2D eigenvalue weighted by molar-refractivity contribution is -0.159. The molecule has 1 fully saturated rings. The molecule has 0 unspecified atom stereocenters. The van der Waals surface area contributed by atoms with Crippen LogP contribution in [0.1, 0.15) is 11.3 Å². The van der Waals surface area contributed by atoms with Crippen molar-refractivity contribution in [2.75, 3.05) is 32.8 Å². The highest BCUT2D eigenvalue weighted by Crippen LogP contribution is 2.12. The van der Waals surface area contributed by atoms with E-state index >= 15 is 0 Å². The van der Waals surface area contributed by atoms with E-state index in [2.05, 4.69) is 9.88 Å². The molecule has 0 saturated carbocycles. The maximum Gasteiger partial charge on any atom is 0.414 e. The number of nitrogens with zero attached hydrogens (tertiary/aromatic N) is 3. The second kappa shape index (κ2) is 11.5. The van der Waals surface area contributed by atoms with Crippen LogP contribution in [0.4, 0.5) is 0 Å². The number of amides is 1. The first-order valence-electron chi connectivity index (χ1n) is 9.41. The van der Waals surface area contributed by atoms with Gasteiger partial charge >= 0.3 is 11.9 Å². The number of hydrogen-bond donors (Lipinski definition) is 2. The molecule has 1 aromatic carbocycles. The van der Waals surface area contributed by atoms with Gasteiger partial charge in [-0.3, -0.25) is 14.7 Å². The van der Waals surface area contributed by atoms with Crippen LogP contribution < -0.4 is 4.74 Å². The number of pyridine rings is 1. The summed E-state index contributed by atoms with van der Waals surface area (Å²) in [5.74, 6) is -2.86. The summed E-state index contributed by atoms with van der Waals surface area (Å²) in [6.45, 7) is 6.18. The van der Waals surface area contributed by atoms with Crippen molar-refractivity contribution in [3.63, 3.8) is 0 Å². The van der Waals surface area contributed by atoms with Gasteiger partial charge in [0.15, 0.2) is 6.61 Å². The van der Waals surface area contributed by atoms with E-state index in [1.54, 1.807) is 0 Å². The lowest BCUT2D eigenvalue weighted by Gasteiger charge is -2.34. The number of carbonyl (C=O) groups excluding carboxylic acids is 1. The second-order valence-corrected chi connectivity index (χ2v) is 6.69. The van der Waals surface area contributed by atoms with E-state index in [1.807, 2.05) is 60.5 Å². The van der Waals surface area contributed by atoms with E-state index in [0.29, 0.717) is 0 Å². The highest BCUT2D eigenvalue weighted by Gasteiger charge is 2.21. The number of carboxylic acid groups (broad SMARTS) is 2. The normalized spacial score (nSPS) is 13.7. The van der Waals surface area contributed by atoms with Gasteiger partial charge in [0, 0.05) is 38.9 Å². The Morgan fingerprint density at radius 1 is 0.967 bits per heavy atom. The Balaban J connectivity index is 0.000000469. The zero-order valence-corrected chi connectivity index (χ0v) is 16.7. The molecule has 0 atom stereocenters. The average molecular weight is 415 g/mol. The fourth-order valence-electron chi connectivity index (χ4n) is 2.75. The van der Waals surface area contributed by atoms with Crippen LogP contribution in [0.15, 0.2) is 48.7 Å². The van der Waals surface area contributed by atoms with Gasteiger partial charge in [-0.1, -0.05) is 23.8 Å². The zero-order chi connectivity index (χ0) is 21.9. The molecule has 3 rings (SSSR count). The SMILES string of the molecule is Cc1ccc(OCC(=O)N2CCN(Cc3ccccn3)CC2)cc1.O=C(O)C(=O)O. The molecule has 1 saturated heterocycles. The Morgan fingerprint density at radius 2 is 1.60 bits per heavy atom. The lowest BCUT2D eigenvalue weighted by Crippen LogP contribution is -2.49. The summed E-state index contributed by atoms with van der Waals surface area (Å²) in [5.41, 5.74) is 2.25. The van der Waals surface area contributed by atoms with Gasteiger partial charge in [0.05, 0.1) is 5.69 Å². The molecular weight excluding hydrogens is 390 g/mol. The predicted molar refractivity (Wildman–Crippen MR) is 108 cm³/mol. The molecule has 30 heavy (non-hydrogen) atoms. The number of aromatic nitrogens is 1. The largest absolute Gasteiger partial charge is 0.484 e. The standard InChI is InChI=1S/C19H23N3O2.C2H2O4/c1-16-5-7-18(8-6-16)24-15-19(23)22-12-10-21(11-13-22)14-17-4-2-3-9-20-17;3-1(4)2(5)6/h2-9H,10-15H2,1H3;(H,3,4)(H,5,6). The molecule has 1 amide bonds. The van der Waals surface area contributed by atoms with Crippen molar-refractivity contribution in [3.05, 3.63) is 59.9 Å². The van der Waals surface area contributed by atoms with Gasteiger partial charge < -0.3 is 19.8 Å². The monoisotopic (exact) mass is 415 g/mol. The van der Waals surface area contributed by atoms with Crippen molar-refractivity contribution >= 4 is 17.8 Å². The van der Waals surface area contributed by atoms with Gasteiger partial charge in [0.2, 0.25) is 0 Å². The van der Waals surface area contributed by atoms with Gasteiger partial charge in [-0.25, -0.2) is 9.59 Å². The summed E-state index contributed by atoms with van der Waals surface area (Å²) in [7, 11) is 0. The number of rotatable bonds is 5. The molecule has 0 radical (unpaired) electrons. The summed E-state index contributed by atoms with van der Waals surface area (Å²) in [5, 5.41) is 14.8. The van der Waals surface area contributed by atoms with Crippen LogP contribution in [-0.2, 0) is 20.9 Å². The number of hydrogen-bond acceptors (Lipinski definition) is 6. The number of carboxylic acids is 2. The van der Waals surface area contributed by atoms with Crippen LogP contribution in [0, 0.1) is 6.92 Å². The molecule has 2 heterocycles. The third kappa shape index (κ3) is 7.88. The first-order chi connectivity index (χ1) is 14.3. The second-order valence-electron chi connectivity index (χ2n) is 6.69. The Labute approximate surface area is 174 Å². The van der Waals surface area contributed by atoms with Crippen LogP contribution in [0.5, 0.6) is 5.75 Å². The minimum absolute atomic E-state index is 0.0491. The molecule has 160 valence electrons. The predicted octanol–water partition coefficient (Wildman–Crippen LogP) is 1.27. The Morgan fingerprint density at radius 3 is 2.13 bits per heavy atom. The van der Waals surface area contributed by atoms with E-state index in [-0.39, 0.29) is 12.5 Å². The van der Waals surface area contributed by atoms with Crippen LogP contribution in [0.2, 0.25) is 0 Å². The zero-order valence-electron chi connectivity index (χ0n) is 16.7. The molecule has 9 nitrogen and oxygen atoms in total. The van der Waals surface area contributed by atoms with Gasteiger partial charge in [0.1, 0.15) is 5.75 Å². The molecular formula is C21H25N3O6. The highest BCUT2D eigenvalue weighted by molar-refractivity contribution is 6.27. The Bertz CT molecular complexity index is 822. The van der Waals surface area contributed by atoms with Crippen molar-refractivity contribution < 1.29 is 29.3 Å². The molecule has 1 aromatic heterocycles. The molecule has 0 bridgehead atoms. The van der Waals surface area contributed by atoms with Gasteiger partial charge in [-0.05, 0) is 31.2 Å². The number of carbonyl (C=O) groups is 3. The highest BCUT2D eigenvalue weighted by atomic mass is 16.5. The Kier molecular flexibility index (Phi) is 8.76. The quantitative estimate of drug-likeness (QED) is 0.701. The molecule has 1 aliphatic heterocycles. The molecule has 9 heteroatoms. The van der Waals surface area contributed by atoms with E-state index in [9.17, 15) is 4.79 Å². The van der Waals surface area contributed by atoms with Crippen molar-refractivity contribution in [2.24, 2.45) is 0 Å². The van der Waals surface area contributed by atoms with Crippen LogP contribution in [0.25, 0.3) is 0 Å². The number of benzene rings is 1. The minimum atomic E-state index is -1.82. The van der Waals surface area contributed by atoms with Gasteiger partial charge in [-0.15, -0.1) is 0 Å². The van der Waals surface area contributed by atoms with Crippen molar-refractivity contribution in [1.82, 2.24) is 14.8 Å². The first-order valence-corrected chi connectivity index (χ1v) is 9.41. The fraction of sp³-hybridized carbons (Fsp3) is 0.333. The molecule has 0 aliphatic carbocycles. The van der Waals surface area contributed by atoms with E-state index in [0.717, 1.165) is 44.2 Å². The molecule has 2 N–H and O–H groups in total. The average Bonchev–Trinajstić information content (AvgIpc) is 2.75. The van der Waals surface area contributed by atoms with Gasteiger partial charge in [-0.2, -0.15) is 0 Å². The molecule has 2 aromatic rings. The minimum Gasteiger partial charge on any atom is -0.484 e. The number of aryl methyl sites for hydroxylation is 1. The number of ether oxygens (including phenoxy) is 1. The van der Waals surface area contributed by atoms with Crippen LogP contribution >= 0.6 is 0 Å².